The summed E-state index contributed by atoms with van der Waals surface area (Å²) in [6, 6.07) is 13.6. The van der Waals surface area contributed by atoms with Crippen LogP contribution in [-0.4, -0.2) is 177 Å². The minimum Gasteiger partial charge on any atom is -0.447 e. The standard InChI is InChI=1S/C17H23N3O4.C15H21N3O3.C13H17N3O.CO2/c1-12(21)18-15-6-4-14(5-7-15)16(24-13(2)22)17(23)20-10-8-19(3)9-11-20;1-11(19)21-14(12-3-5-13(16)6-4-12)15(20)18-9-7-17(2)8-10-18;1-15-6-8-16(9-7-15)13(17)10-11-2-4-12(14)5-3-11;2-1-3/h4-7,16H,8-11H2,1-3H3,(H,18,21);3-6,14H,7-10,16H2,1-2H3;2-5,10,14H,6-9H2,1H3;. The lowest BCUT2D eigenvalue weighted by Crippen LogP contribution is -2.49. The molecule has 3 heterocycles. The first kappa shape index (κ1) is 52.6. The number of rotatable bonds is 8. The number of carbonyl (C=O) groups excluding carboxylic acids is 8. The van der Waals surface area contributed by atoms with E-state index in [-0.39, 0.29) is 29.8 Å². The van der Waals surface area contributed by atoms with Gasteiger partial charge in [-0.05, 0) is 63.1 Å². The minimum atomic E-state index is -0.961. The molecule has 0 saturated carbocycles. The largest absolute Gasteiger partial charge is 0.447 e. The number of allylic oxidation sites excluding steroid dienone is 5. The number of carbonyl (C=O) groups is 6. The number of nitrogens with zero attached hydrogens (tertiary/aromatic N) is 6. The summed E-state index contributed by atoms with van der Waals surface area (Å²) in [6.45, 7) is 13.2. The molecule has 350 valence electrons. The number of piperazine rings is 3. The van der Waals surface area contributed by atoms with E-state index < -0.39 is 24.1 Å². The van der Waals surface area contributed by atoms with Crippen molar-refractivity contribution in [3.8, 4) is 0 Å². The Morgan fingerprint density at radius 2 is 0.954 bits per heavy atom. The number of hydrogen-bond donors (Lipinski definition) is 3. The van der Waals surface area contributed by atoms with Crippen LogP contribution in [0.4, 0.5) is 11.4 Å². The zero-order chi connectivity index (χ0) is 48.1. The van der Waals surface area contributed by atoms with Gasteiger partial charge in [-0.3, -0.25) is 28.8 Å². The fraction of sp³-hybridized carbons (Fsp3) is 0.435. The van der Waals surface area contributed by atoms with Crippen LogP contribution in [0.2, 0.25) is 0 Å². The van der Waals surface area contributed by atoms with Gasteiger partial charge in [0.15, 0.2) is 0 Å². The fourth-order valence-corrected chi connectivity index (χ4v) is 6.69. The molecule has 2 atom stereocenters. The molecule has 0 radical (unpaired) electrons. The third-order valence-corrected chi connectivity index (χ3v) is 10.4. The van der Waals surface area contributed by atoms with E-state index >= 15 is 0 Å². The maximum Gasteiger partial charge on any atom is 0.373 e. The second-order valence-corrected chi connectivity index (χ2v) is 15.7. The van der Waals surface area contributed by atoms with Crippen LogP contribution < -0.4 is 11.1 Å². The van der Waals surface area contributed by atoms with Crippen LogP contribution in [-0.2, 0) is 47.8 Å². The number of amides is 4. The topological polar surface area (TPSA) is 236 Å². The quantitative estimate of drug-likeness (QED) is 0.195. The van der Waals surface area contributed by atoms with Gasteiger partial charge in [0.05, 0.1) is 5.71 Å². The van der Waals surface area contributed by atoms with Crippen molar-refractivity contribution in [2.24, 2.45) is 0 Å². The number of nitrogen functional groups attached to an aromatic ring is 1. The predicted octanol–water partition coefficient (Wildman–Crippen LogP) is 1.92. The molecular weight excluding hydrogens is 839 g/mol. The molecule has 3 aliphatic heterocycles. The van der Waals surface area contributed by atoms with Crippen molar-refractivity contribution in [2.75, 3.05) is 111 Å². The summed E-state index contributed by atoms with van der Waals surface area (Å²) in [5.41, 5.74) is 9.44. The van der Waals surface area contributed by atoms with E-state index in [0.717, 1.165) is 57.9 Å². The SMILES string of the molecule is CC(=O)Nc1ccc(C(OC(C)=O)C(=O)N2CCN(C)CC2)cc1.CC(=O)OC(C(=O)N1CCN(C)CC1)c1ccc(N)cc1.CN1CCN(C(=O)C=C2C=CC(=N)C=C2)CC1.O=C=O. The molecule has 19 nitrogen and oxygen atoms in total. The summed E-state index contributed by atoms with van der Waals surface area (Å²) in [7, 11) is 6.09. The van der Waals surface area contributed by atoms with E-state index in [9.17, 15) is 28.8 Å². The van der Waals surface area contributed by atoms with Gasteiger partial charge in [-0.25, -0.2) is 0 Å². The number of nitrogens with one attached hydrogen (secondary N) is 2. The van der Waals surface area contributed by atoms with Gasteiger partial charge in [0.1, 0.15) is 0 Å². The minimum absolute atomic E-state index is 0.0656. The number of benzene rings is 2. The number of esters is 2. The van der Waals surface area contributed by atoms with E-state index in [1.807, 2.05) is 19.0 Å². The normalized spacial score (nSPS) is 17.2. The van der Waals surface area contributed by atoms with Gasteiger partial charge in [-0.2, -0.15) is 9.59 Å². The Morgan fingerprint density at radius 3 is 1.31 bits per heavy atom. The van der Waals surface area contributed by atoms with E-state index in [1.165, 1.54) is 20.8 Å². The van der Waals surface area contributed by atoms with E-state index in [2.05, 4.69) is 27.1 Å². The Balaban J connectivity index is 0.000000254. The average molecular weight is 900 g/mol. The molecule has 0 bridgehead atoms. The molecule has 4 aliphatic rings. The molecule has 1 aliphatic carbocycles. The van der Waals surface area contributed by atoms with E-state index in [4.69, 9.17) is 30.2 Å². The highest BCUT2D eigenvalue weighted by atomic mass is 16.6. The fourth-order valence-electron chi connectivity index (χ4n) is 6.69. The van der Waals surface area contributed by atoms with Gasteiger partial charge in [0, 0.05) is 128 Å². The number of anilines is 2. The van der Waals surface area contributed by atoms with Crippen molar-refractivity contribution in [1.29, 1.82) is 5.41 Å². The van der Waals surface area contributed by atoms with Crippen LogP contribution in [0.3, 0.4) is 0 Å². The summed E-state index contributed by atoms with van der Waals surface area (Å²) in [5.74, 6) is -1.48. The second kappa shape index (κ2) is 26.7. The highest BCUT2D eigenvalue weighted by molar-refractivity contribution is 6.04. The zero-order valence-electron chi connectivity index (χ0n) is 38.0. The van der Waals surface area contributed by atoms with Crippen molar-refractivity contribution >= 4 is 58.8 Å². The number of likely N-dealkylation sites (N-methyl/N-ethyl adjacent to an activating group) is 3. The molecule has 4 amide bonds. The van der Waals surface area contributed by atoms with Crippen LogP contribution in [0.25, 0.3) is 0 Å². The molecule has 6 rings (SSSR count). The molecule has 3 saturated heterocycles. The van der Waals surface area contributed by atoms with Crippen molar-refractivity contribution in [3.63, 3.8) is 0 Å². The van der Waals surface area contributed by atoms with Crippen molar-refractivity contribution < 1.29 is 47.8 Å². The van der Waals surface area contributed by atoms with Gasteiger partial charge in [0.2, 0.25) is 24.0 Å². The molecule has 65 heavy (non-hydrogen) atoms. The lowest BCUT2D eigenvalue weighted by Gasteiger charge is -2.34. The first-order chi connectivity index (χ1) is 30.9. The van der Waals surface area contributed by atoms with Gasteiger partial charge in [-0.15, -0.1) is 0 Å². The number of nitrogens with two attached hydrogens (primary N) is 1. The molecule has 2 aromatic carbocycles. The molecule has 0 spiro atoms. The van der Waals surface area contributed by atoms with Gasteiger partial charge < -0.3 is 55.3 Å². The Labute approximate surface area is 379 Å². The Morgan fingerprint density at radius 1 is 0.600 bits per heavy atom. The molecule has 2 unspecified atom stereocenters. The van der Waals surface area contributed by atoms with Crippen LogP contribution >= 0.6 is 0 Å². The Bertz CT molecular complexity index is 2060. The zero-order valence-corrected chi connectivity index (χ0v) is 38.0. The molecule has 19 heteroatoms. The Kier molecular flexibility index (Phi) is 21.6. The maximum atomic E-state index is 12.8. The van der Waals surface area contributed by atoms with Crippen molar-refractivity contribution in [1.82, 2.24) is 29.4 Å². The summed E-state index contributed by atoms with van der Waals surface area (Å²) in [6.07, 6.45) is 7.03. The van der Waals surface area contributed by atoms with Crippen LogP contribution in [0.5, 0.6) is 0 Å². The van der Waals surface area contributed by atoms with Gasteiger partial charge in [-0.1, -0.05) is 36.4 Å². The third-order valence-electron chi connectivity index (χ3n) is 10.4. The lowest BCUT2D eigenvalue weighted by molar-refractivity contribution is -0.191. The average Bonchev–Trinajstić information content (AvgIpc) is 3.27. The summed E-state index contributed by atoms with van der Waals surface area (Å²) < 4.78 is 10.5. The first-order valence-corrected chi connectivity index (χ1v) is 21.1. The number of ether oxygens (including phenoxy) is 2. The monoisotopic (exact) mass is 899 g/mol. The summed E-state index contributed by atoms with van der Waals surface area (Å²) >= 11 is 0. The number of hydrogen-bond acceptors (Lipinski definition) is 15. The molecule has 2 aromatic rings. The van der Waals surface area contributed by atoms with Crippen molar-refractivity contribution in [2.45, 2.75) is 33.0 Å². The van der Waals surface area contributed by atoms with Gasteiger partial charge >= 0.3 is 18.1 Å². The van der Waals surface area contributed by atoms with Crippen LogP contribution in [0.15, 0.2) is 84.5 Å². The van der Waals surface area contributed by atoms with Crippen LogP contribution in [0.1, 0.15) is 44.1 Å². The van der Waals surface area contributed by atoms with Gasteiger partial charge in [0.25, 0.3) is 11.8 Å². The van der Waals surface area contributed by atoms with Crippen LogP contribution in [0, 0.1) is 5.41 Å². The Hall–Kier alpha value is -6.79. The maximum absolute atomic E-state index is 12.8. The first-order valence-electron chi connectivity index (χ1n) is 21.1. The smallest absolute Gasteiger partial charge is 0.373 e. The summed E-state index contributed by atoms with van der Waals surface area (Å²) in [5, 5.41) is 10.0. The summed E-state index contributed by atoms with van der Waals surface area (Å²) in [4.78, 5) is 99.3. The van der Waals surface area contributed by atoms with Crippen molar-refractivity contribution in [3.05, 3.63) is 95.6 Å². The molecule has 3 fully saturated rings. The second-order valence-electron chi connectivity index (χ2n) is 15.7. The predicted molar refractivity (Wildman–Crippen MR) is 242 cm³/mol. The van der Waals surface area contributed by atoms with E-state index in [0.29, 0.717) is 54.4 Å². The molecular formula is C46H61N9O10. The highest BCUT2D eigenvalue weighted by Gasteiger charge is 2.32. The lowest BCUT2D eigenvalue weighted by atomic mass is 10.1. The molecule has 4 N–H and O–H groups in total. The third kappa shape index (κ3) is 18.5. The highest BCUT2D eigenvalue weighted by Crippen LogP contribution is 2.24. The molecule has 0 aromatic heterocycles. The van der Waals surface area contributed by atoms with E-state index in [1.54, 1.807) is 88.7 Å².